The van der Waals surface area contributed by atoms with Crippen molar-refractivity contribution in [1.29, 1.82) is 0 Å². The Morgan fingerprint density at radius 3 is 2.67 bits per heavy atom. The van der Waals surface area contributed by atoms with Crippen LogP contribution in [0.5, 0.6) is 5.75 Å². The second-order valence-electron chi connectivity index (χ2n) is 6.58. The molecule has 0 aliphatic rings. The molecule has 9 heteroatoms. The number of nitrogens with one attached hydrogen (secondary N) is 1. The summed E-state index contributed by atoms with van der Waals surface area (Å²) in [6.07, 6.45) is -0.352. The Hall–Kier alpha value is -2.22. The lowest BCUT2D eigenvalue weighted by molar-refractivity contribution is -0.113. The molecule has 1 N–H and O–H groups in total. The fourth-order valence-electron chi connectivity index (χ4n) is 2.79. The SMILES string of the molecule is CCn1c(SCC(=O)Nc2ccc(C)c(Cl)c2)nnc1[C@@H](C)Oc1ccccc1Cl. The number of halogens is 2. The van der Waals surface area contributed by atoms with Gasteiger partial charge in [-0.15, -0.1) is 10.2 Å². The van der Waals surface area contributed by atoms with Gasteiger partial charge in [0.15, 0.2) is 17.1 Å². The third-order valence-corrected chi connectivity index (χ3v) is 6.04. The minimum atomic E-state index is -0.352. The maximum Gasteiger partial charge on any atom is 0.234 e. The minimum Gasteiger partial charge on any atom is -0.481 e. The van der Waals surface area contributed by atoms with E-state index in [1.54, 1.807) is 12.1 Å². The standard InChI is InChI=1S/C21H22Cl2N4O2S/c1-4-27-20(14(3)29-18-8-6-5-7-16(18)22)25-26-21(27)30-12-19(28)24-15-10-9-13(2)17(23)11-15/h5-11,14H,4,12H2,1-3H3,(H,24,28)/t14-/m1/s1. The van der Waals surface area contributed by atoms with Crippen LogP contribution in [0.2, 0.25) is 10.0 Å². The highest BCUT2D eigenvalue weighted by atomic mass is 35.5. The lowest BCUT2D eigenvalue weighted by atomic mass is 10.2. The highest BCUT2D eigenvalue weighted by Gasteiger charge is 2.20. The Morgan fingerprint density at radius 2 is 1.97 bits per heavy atom. The maximum atomic E-state index is 12.3. The van der Waals surface area contributed by atoms with E-state index >= 15 is 0 Å². The number of benzene rings is 2. The van der Waals surface area contributed by atoms with Gasteiger partial charge in [0.25, 0.3) is 0 Å². The van der Waals surface area contributed by atoms with E-state index < -0.39 is 0 Å². The zero-order valence-electron chi connectivity index (χ0n) is 16.9. The van der Waals surface area contributed by atoms with Crippen LogP contribution in [0.4, 0.5) is 5.69 Å². The molecule has 30 heavy (non-hydrogen) atoms. The van der Waals surface area contributed by atoms with Crippen LogP contribution < -0.4 is 10.1 Å². The van der Waals surface area contributed by atoms with Crippen molar-refractivity contribution in [3.8, 4) is 5.75 Å². The number of anilines is 1. The Bertz CT molecular complexity index is 1040. The molecular formula is C21H22Cl2N4O2S. The van der Waals surface area contributed by atoms with Crippen LogP contribution in [-0.2, 0) is 11.3 Å². The molecule has 0 unspecified atom stereocenters. The topological polar surface area (TPSA) is 69.0 Å². The molecule has 0 aliphatic heterocycles. The number of aromatic nitrogens is 3. The van der Waals surface area contributed by atoms with Crippen molar-refractivity contribution in [1.82, 2.24) is 14.8 Å². The number of aryl methyl sites for hydroxylation is 1. The molecule has 2 aromatic carbocycles. The lowest BCUT2D eigenvalue weighted by Crippen LogP contribution is -2.15. The molecule has 1 atom stereocenters. The van der Waals surface area contributed by atoms with Gasteiger partial charge in [0, 0.05) is 17.3 Å². The van der Waals surface area contributed by atoms with Gasteiger partial charge in [-0.3, -0.25) is 4.79 Å². The molecule has 0 saturated carbocycles. The lowest BCUT2D eigenvalue weighted by Gasteiger charge is -2.16. The van der Waals surface area contributed by atoms with Crippen molar-refractivity contribution in [2.45, 2.75) is 38.6 Å². The first-order valence-electron chi connectivity index (χ1n) is 9.42. The molecule has 3 rings (SSSR count). The van der Waals surface area contributed by atoms with Crippen LogP contribution >= 0.6 is 35.0 Å². The first-order valence-corrected chi connectivity index (χ1v) is 11.2. The van der Waals surface area contributed by atoms with E-state index in [-0.39, 0.29) is 17.8 Å². The smallest absolute Gasteiger partial charge is 0.234 e. The number of carbonyl (C=O) groups excluding carboxylic acids is 1. The van der Waals surface area contributed by atoms with Gasteiger partial charge in [-0.05, 0) is 50.6 Å². The number of ether oxygens (including phenoxy) is 1. The molecule has 6 nitrogen and oxygen atoms in total. The van der Waals surface area contributed by atoms with Gasteiger partial charge < -0.3 is 14.6 Å². The average molecular weight is 465 g/mol. The molecule has 0 aliphatic carbocycles. The molecule has 1 amide bonds. The van der Waals surface area contributed by atoms with E-state index in [1.807, 2.05) is 55.7 Å². The van der Waals surface area contributed by atoms with E-state index in [0.29, 0.717) is 39.0 Å². The van der Waals surface area contributed by atoms with Gasteiger partial charge in [-0.25, -0.2) is 0 Å². The summed E-state index contributed by atoms with van der Waals surface area (Å²) in [5, 5.41) is 13.2. The normalized spacial score (nSPS) is 11.9. The summed E-state index contributed by atoms with van der Waals surface area (Å²) in [4.78, 5) is 12.3. The fraction of sp³-hybridized carbons (Fsp3) is 0.286. The van der Waals surface area contributed by atoms with E-state index in [9.17, 15) is 4.79 Å². The summed E-state index contributed by atoms with van der Waals surface area (Å²) in [5.41, 5.74) is 1.62. The highest BCUT2D eigenvalue weighted by Crippen LogP contribution is 2.29. The average Bonchev–Trinajstić information content (AvgIpc) is 3.14. The molecule has 0 spiro atoms. The molecular weight excluding hydrogens is 443 g/mol. The van der Waals surface area contributed by atoms with Crippen LogP contribution in [0.3, 0.4) is 0 Å². The zero-order chi connectivity index (χ0) is 21.7. The molecule has 3 aromatic rings. The first-order chi connectivity index (χ1) is 14.4. The molecule has 0 radical (unpaired) electrons. The second kappa shape index (κ2) is 10.2. The molecule has 0 saturated heterocycles. The number of rotatable bonds is 8. The monoisotopic (exact) mass is 464 g/mol. The van der Waals surface area contributed by atoms with Crippen molar-refractivity contribution in [2.24, 2.45) is 0 Å². The fourth-order valence-corrected chi connectivity index (χ4v) is 3.96. The molecule has 158 valence electrons. The number of nitrogens with zero attached hydrogens (tertiary/aromatic N) is 3. The van der Waals surface area contributed by atoms with E-state index in [0.717, 1.165) is 5.56 Å². The van der Waals surface area contributed by atoms with Crippen LogP contribution in [-0.4, -0.2) is 26.4 Å². The number of carbonyl (C=O) groups is 1. The minimum absolute atomic E-state index is 0.146. The molecule has 1 aromatic heterocycles. The van der Waals surface area contributed by atoms with Gasteiger partial charge in [0.2, 0.25) is 5.91 Å². The molecule has 0 fully saturated rings. The summed E-state index contributed by atoms with van der Waals surface area (Å²) >= 11 is 13.6. The highest BCUT2D eigenvalue weighted by molar-refractivity contribution is 7.99. The molecule has 1 heterocycles. The van der Waals surface area contributed by atoms with Crippen molar-refractivity contribution in [3.63, 3.8) is 0 Å². The van der Waals surface area contributed by atoms with Crippen molar-refractivity contribution >= 4 is 46.6 Å². The largest absolute Gasteiger partial charge is 0.481 e. The Kier molecular flexibility index (Phi) is 7.64. The summed E-state index contributed by atoms with van der Waals surface area (Å²) in [6.45, 7) is 6.45. The summed E-state index contributed by atoms with van der Waals surface area (Å²) < 4.78 is 7.89. The molecule has 0 bridgehead atoms. The number of hydrogen-bond donors (Lipinski definition) is 1. The Labute approximate surface area is 189 Å². The predicted molar refractivity (Wildman–Crippen MR) is 122 cm³/mol. The van der Waals surface area contributed by atoms with Crippen molar-refractivity contribution < 1.29 is 9.53 Å². The third-order valence-electron chi connectivity index (χ3n) is 4.35. The number of thioether (sulfide) groups is 1. The van der Waals surface area contributed by atoms with Gasteiger partial charge in [0.1, 0.15) is 5.75 Å². The number of hydrogen-bond acceptors (Lipinski definition) is 5. The summed E-state index contributed by atoms with van der Waals surface area (Å²) in [5.74, 6) is 1.31. The number of para-hydroxylation sites is 1. The second-order valence-corrected chi connectivity index (χ2v) is 8.33. The predicted octanol–water partition coefficient (Wildman–Crippen LogP) is 5.78. The van der Waals surface area contributed by atoms with E-state index in [1.165, 1.54) is 11.8 Å². The quantitative estimate of drug-likeness (QED) is 0.427. The van der Waals surface area contributed by atoms with Gasteiger partial charge >= 0.3 is 0 Å². The maximum absolute atomic E-state index is 12.3. The first kappa shape index (κ1) is 22.5. The van der Waals surface area contributed by atoms with Crippen molar-refractivity contribution in [2.75, 3.05) is 11.1 Å². The number of amides is 1. The van der Waals surface area contributed by atoms with Crippen LogP contribution in [0.15, 0.2) is 47.6 Å². The van der Waals surface area contributed by atoms with E-state index in [2.05, 4.69) is 15.5 Å². The van der Waals surface area contributed by atoms with Crippen LogP contribution in [0.1, 0.15) is 31.3 Å². The summed E-state index contributed by atoms with van der Waals surface area (Å²) in [6, 6.07) is 12.7. The third kappa shape index (κ3) is 5.47. The Balaban J connectivity index is 1.64. The van der Waals surface area contributed by atoms with E-state index in [4.69, 9.17) is 27.9 Å². The zero-order valence-corrected chi connectivity index (χ0v) is 19.2. The van der Waals surface area contributed by atoms with Gasteiger partial charge in [-0.2, -0.15) is 0 Å². The van der Waals surface area contributed by atoms with Crippen molar-refractivity contribution in [3.05, 3.63) is 63.9 Å². The van der Waals surface area contributed by atoms with Gasteiger partial charge in [-0.1, -0.05) is 53.2 Å². The Morgan fingerprint density at radius 1 is 1.20 bits per heavy atom. The van der Waals surface area contributed by atoms with Crippen LogP contribution in [0, 0.1) is 6.92 Å². The van der Waals surface area contributed by atoms with Crippen LogP contribution in [0.25, 0.3) is 0 Å². The summed E-state index contributed by atoms with van der Waals surface area (Å²) in [7, 11) is 0. The van der Waals surface area contributed by atoms with Gasteiger partial charge in [0.05, 0.1) is 10.8 Å².